The fraction of sp³-hybridized carbons (Fsp3) is 0.250. The Kier molecular flexibility index (Phi) is 4.50. The number of rotatable bonds is 5. The lowest BCUT2D eigenvalue weighted by molar-refractivity contribution is 0.101. The molecule has 1 heterocycles. The first-order chi connectivity index (χ1) is 10.5. The zero-order valence-electron chi connectivity index (χ0n) is 12.9. The van der Waals surface area contributed by atoms with Crippen LogP contribution in [0.4, 0.5) is 5.69 Å². The predicted molar refractivity (Wildman–Crippen MR) is 83.0 cm³/mol. The van der Waals surface area contributed by atoms with Crippen LogP contribution in [0.3, 0.4) is 0 Å². The number of carbonyl (C=O) groups is 2. The molecule has 1 aromatic carbocycles. The highest BCUT2D eigenvalue weighted by Crippen LogP contribution is 2.33. The van der Waals surface area contributed by atoms with Crippen molar-refractivity contribution in [3.63, 3.8) is 0 Å². The Morgan fingerprint density at radius 3 is 2.27 bits per heavy atom. The number of H-pyrrole nitrogens is 1. The summed E-state index contributed by atoms with van der Waals surface area (Å²) >= 11 is 0. The topological polar surface area (TPSA) is 80.4 Å². The summed E-state index contributed by atoms with van der Waals surface area (Å²) in [7, 11) is 3.08. The van der Waals surface area contributed by atoms with E-state index in [4.69, 9.17) is 9.47 Å². The van der Waals surface area contributed by atoms with E-state index >= 15 is 0 Å². The van der Waals surface area contributed by atoms with Crippen LogP contribution in [0.5, 0.6) is 11.5 Å². The number of benzene rings is 1. The van der Waals surface area contributed by atoms with Crippen molar-refractivity contribution in [1.82, 2.24) is 4.98 Å². The van der Waals surface area contributed by atoms with Gasteiger partial charge in [-0.05, 0) is 31.5 Å². The second-order valence-electron chi connectivity index (χ2n) is 4.83. The van der Waals surface area contributed by atoms with Crippen molar-refractivity contribution in [2.75, 3.05) is 19.5 Å². The van der Waals surface area contributed by atoms with Crippen molar-refractivity contribution >= 4 is 17.4 Å². The van der Waals surface area contributed by atoms with E-state index in [2.05, 4.69) is 10.3 Å². The van der Waals surface area contributed by atoms with Crippen LogP contribution in [0, 0.1) is 6.92 Å². The highest BCUT2D eigenvalue weighted by molar-refractivity contribution is 6.05. The number of carbonyl (C=O) groups excluding carboxylic acids is 2. The second kappa shape index (κ2) is 6.34. The molecule has 0 spiro atoms. The molecule has 0 saturated carbocycles. The maximum Gasteiger partial charge on any atom is 0.272 e. The van der Waals surface area contributed by atoms with Crippen LogP contribution in [-0.4, -0.2) is 30.9 Å². The molecule has 0 bridgehead atoms. The van der Waals surface area contributed by atoms with Gasteiger partial charge >= 0.3 is 0 Å². The number of amides is 1. The Bertz CT molecular complexity index is 719. The first-order valence-corrected chi connectivity index (χ1v) is 6.69. The van der Waals surface area contributed by atoms with Gasteiger partial charge in [-0.1, -0.05) is 0 Å². The summed E-state index contributed by atoms with van der Waals surface area (Å²) in [4.78, 5) is 26.3. The van der Waals surface area contributed by atoms with E-state index in [0.29, 0.717) is 28.4 Å². The van der Waals surface area contributed by atoms with Crippen LogP contribution in [0.15, 0.2) is 24.4 Å². The number of anilines is 1. The number of aromatic nitrogens is 1. The molecule has 0 aliphatic rings. The van der Waals surface area contributed by atoms with E-state index in [1.807, 2.05) is 6.92 Å². The Morgan fingerprint density at radius 1 is 1.09 bits per heavy atom. The first kappa shape index (κ1) is 15.6. The van der Waals surface area contributed by atoms with E-state index < -0.39 is 0 Å². The van der Waals surface area contributed by atoms with Gasteiger partial charge in [-0.15, -0.1) is 0 Å². The normalized spacial score (nSPS) is 10.2. The highest BCUT2D eigenvalue weighted by Gasteiger charge is 2.14. The monoisotopic (exact) mass is 302 g/mol. The Morgan fingerprint density at radius 2 is 1.73 bits per heavy atom. The molecular formula is C16H18N2O4. The van der Waals surface area contributed by atoms with Crippen LogP contribution in [0.25, 0.3) is 0 Å². The van der Waals surface area contributed by atoms with Gasteiger partial charge in [-0.25, -0.2) is 0 Å². The van der Waals surface area contributed by atoms with Gasteiger partial charge in [0.1, 0.15) is 5.69 Å². The summed E-state index contributed by atoms with van der Waals surface area (Å²) in [6.45, 7) is 3.30. The van der Waals surface area contributed by atoms with Crippen molar-refractivity contribution in [3.8, 4) is 11.5 Å². The quantitative estimate of drug-likeness (QED) is 0.832. The minimum absolute atomic E-state index is 0.0994. The van der Waals surface area contributed by atoms with E-state index in [1.165, 1.54) is 26.3 Å². The zero-order valence-corrected chi connectivity index (χ0v) is 12.9. The molecule has 1 aromatic heterocycles. The number of aryl methyl sites for hydroxylation is 1. The summed E-state index contributed by atoms with van der Waals surface area (Å²) in [5, 5.41) is 2.79. The van der Waals surface area contributed by atoms with Crippen molar-refractivity contribution in [2.45, 2.75) is 13.8 Å². The average Bonchev–Trinajstić information content (AvgIpc) is 2.99. The smallest absolute Gasteiger partial charge is 0.272 e. The largest absolute Gasteiger partial charge is 0.493 e. The Labute approximate surface area is 128 Å². The van der Waals surface area contributed by atoms with Crippen LogP contribution in [0.2, 0.25) is 0 Å². The van der Waals surface area contributed by atoms with Gasteiger partial charge in [0.15, 0.2) is 17.3 Å². The molecule has 0 atom stereocenters. The minimum Gasteiger partial charge on any atom is -0.493 e. The van der Waals surface area contributed by atoms with Crippen LogP contribution >= 0.6 is 0 Å². The number of nitrogens with one attached hydrogen (secondary N) is 2. The molecule has 2 N–H and O–H groups in total. The summed E-state index contributed by atoms with van der Waals surface area (Å²) in [6.07, 6.45) is 1.51. The third kappa shape index (κ3) is 3.11. The molecule has 6 nitrogen and oxygen atoms in total. The standard InChI is InChI=1S/C16H18N2O4/c1-9-5-14(21-3)15(22-4)7-12(9)18-16(20)13-6-11(8-17-13)10(2)19/h5-8,17H,1-4H3,(H,18,20). The summed E-state index contributed by atoms with van der Waals surface area (Å²) in [5.74, 6) is 0.691. The van der Waals surface area contributed by atoms with E-state index in [9.17, 15) is 9.59 Å². The average molecular weight is 302 g/mol. The van der Waals surface area contributed by atoms with Crippen LogP contribution in [0.1, 0.15) is 33.3 Å². The molecule has 116 valence electrons. The number of hydrogen-bond acceptors (Lipinski definition) is 4. The number of methoxy groups -OCH3 is 2. The second-order valence-corrected chi connectivity index (χ2v) is 4.83. The van der Waals surface area contributed by atoms with Crippen molar-refractivity contribution in [2.24, 2.45) is 0 Å². The van der Waals surface area contributed by atoms with E-state index in [1.54, 1.807) is 19.2 Å². The molecule has 0 saturated heterocycles. The fourth-order valence-corrected chi connectivity index (χ4v) is 2.03. The van der Waals surface area contributed by atoms with Gasteiger partial charge in [0.05, 0.1) is 14.2 Å². The molecule has 0 aliphatic carbocycles. The molecule has 0 unspecified atom stereocenters. The van der Waals surface area contributed by atoms with Gasteiger partial charge in [0, 0.05) is 23.5 Å². The van der Waals surface area contributed by atoms with Crippen molar-refractivity contribution in [1.29, 1.82) is 0 Å². The maximum absolute atomic E-state index is 12.2. The lowest BCUT2D eigenvalue weighted by atomic mass is 10.1. The van der Waals surface area contributed by atoms with Crippen LogP contribution in [-0.2, 0) is 0 Å². The van der Waals surface area contributed by atoms with Gasteiger partial charge in [0.2, 0.25) is 0 Å². The molecule has 2 aromatic rings. The number of ether oxygens (including phenoxy) is 2. The van der Waals surface area contributed by atoms with Gasteiger partial charge in [-0.3, -0.25) is 9.59 Å². The number of aromatic amines is 1. The number of Topliss-reactive ketones (excluding diaryl/α,β-unsaturated/α-hetero) is 1. The Hall–Kier alpha value is -2.76. The molecule has 0 aliphatic heterocycles. The van der Waals surface area contributed by atoms with E-state index in [-0.39, 0.29) is 11.7 Å². The molecule has 1 amide bonds. The molecule has 2 rings (SSSR count). The Balaban J connectivity index is 2.25. The lowest BCUT2D eigenvalue weighted by Gasteiger charge is -2.13. The predicted octanol–water partition coefficient (Wildman–Crippen LogP) is 2.80. The SMILES string of the molecule is COc1cc(C)c(NC(=O)c2cc(C(C)=O)c[nH]2)cc1OC. The number of ketones is 1. The summed E-state index contributed by atoms with van der Waals surface area (Å²) in [5.41, 5.74) is 2.24. The third-order valence-electron chi connectivity index (χ3n) is 3.31. The third-order valence-corrected chi connectivity index (χ3v) is 3.31. The fourth-order valence-electron chi connectivity index (χ4n) is 2.03. The molecule has 6 heteroatoms. The van der Waals surface area contributed by atoms with Gasteiger partial charge in [-0.2, -0.15) is 0 Å². The van der Waals surface area contributed by atoms with Crippen molar-refractivity contribution in [3.05, 3.63) is 41.2 Å². The van der Waals surface area contributed by atoms with Gasteiger partial charge < -0.3 is 19.8 Å². The van der Waals surface area contributed by atoms with Crippen molar-refractivity contribution < 1.29 is 19.1 Å². The van der Waals surface area contributed by atoms with Crippen LogP contribution < -0.4 is 14.8 Å². The van der Waals surface area contributed by atoms with E-state index in [0.717, 1.165) is 5.56 Å². The number of hydrogen-bond donors (Lipinski definition) is 2. The molecule has 0 radical (unpaired) electrons. The summed E-state index contributed by atoms with van der Waals surface area (Å²) < 4.78 is 10.4. The van der Waals surface area contributed by atoms with Gasteiger partial charge in [0.25, 0.3) is 5.91 Å². The maximum atomic E-state index is 12.2. The minimum atomic E-state index is -0.331. The lowest BCUT2D eigenvalue weighted by Crippen LogP contribution is -2.13. The molecule has 0 fully saturated rings. The zero-order chi connectivity index (χ0) is 16.3. The highest BCUT2D eigenvalue weighted by atomic mass is 16.5. The first-order valence-electron chi connectivity index (χ1n) is 6.69. The molecular weight excluding hydrogens is 284 g/mol. The summed E-state index contributed by atoms with van der Waals surface area (Å²) in [6, 6.07) is 5.00. The molecule has 22 heavy (non-hydrogen) atoms.